The minimum absolute atomic E-state index is 0.0139. The maximum atomic E-state index is 10.5. The molecule has 0 aromatic rings. The Morgan fingerprint density at radius 3 is 2.31 bits per heavy atom. The summed E-state index contributed by atoms with van der Waals surface area (Å²) in [6.07, 6.45) is 3.05. The van der Waals surface area contributed by atoms with Crippen molar-refractivity contribution in [2.45, 2.75) is 39.2 Å². The van der Waals surface area contributed by atoms with Gasteiger partial charge >= 0.3 is 0 Å². The maximum Gasteiger partial charge on any atom is 0.159 e. The average molecular weight is 245 g/mol. The Morgan fingerprint density at radius 2 is 2.19 bits per heavy atom. The molecule has 1 saturated heterocycles. The maximum absolute atomic E-state index is 10.5. The number of carbonyl (C=O) groups is 2. The number of ketones is 1. The number of aliphatic hydroxyl groups is 1. The molecule has 0 aromatic carbocycles. The number of aliphatic hydroxyl groups excluding tert-OH is 1. The average Bonchev–Trinajstić information content (AvgIpc) is 2.66. The summed E-state index contributed by atoms with van der Waals surface area (Å²) in [6, 6.07) is -0.505. The van der Waals surface area contributed by atoms with Crippen molar-refractivity contribution in [1.82, 2.24) is 5.32 Å². The Bertz CT molecular complexity index is 252. The van der Waals surface area contributed by atoms with E-state index in [4.69, 9.17) is 5.11 Å². The van der Waals surface area contributed by atoms with Crippen LogP contribution in [0.1, 0.15) is 33.1 Å². The van der Waals surface area contributed by atoms with Crippen molar-refractivity contribution in [3.05, 3.63) is 0 Å². The first-order chi connectivity index (χ1) is 7.56. The molecule has 1 atom stereocenters. The second kappa shape index (κ2) is 8.35. The number of hydrogen-bond donors (Lipinski definition) is 2. The lowest BCUT2D eigenvalue weighted by Gasteiger charge is -2.05. The van der Waals surface area contributed by atoms with Gasteiger partial charge in [-0.3, -0.25) is 4.79 Å². The smallest absolute Gasteiger partial charge is 0.159 e. The molecule has 0 saturated carbocycles. The third-order valence-electron chi connectivity index (χ3n) is 2.55. The molecule has 4 nitrogen and oxygen atoms in total. The molecular weight excluding hydrogens is 226 g/mol. The van der Waals surface area contributed by atoms with Gasteiger partial charge in [0.1, 0.15) is 12.3 Å². The SMILES string of the molecule is CCC(CC)C(O)=S.O=C[C@@H]1NCCC1=O. The largest absolute Gasteiger partial charge is 0.502 e. The van der Waals surface area contributed by atoms with Gasteiger partial charge in [-0.2, -0.15) is 0 Å². The summed E-state index contributed by atoms with van der Waals surface area (Å²) < 4.78 is 0. The van der Waals surface area contributed by atoms with Crippen molar-refractivity contribution in [2.24, 2.45) is 5.92 Å². The molecule has 0 unspecified atom stereocenters. The van der Waals surface area contributed by atoms with E-state index in [0.717, 1.165) is 12.8 Å². The Morgan fingerprint density at radius 1 is 1.62 bits per heavy atom. The van der Waals surface area contributed by atoms with Crippen molar-refractivity contribution in [3.63, 3.8) is 0 Å². The third-order valence-corrected chi connectivity index (χ3v) is 2.89. The monoisotopic (exact) mass is 245 g/mol. The van der Waals surface area contributed by atoms with E-state index >= 15 is 0 Å². The Hall–Kier alpha value is -0.810. The lowest BCUT2D eigenvalue weighted by Crippen LogP contribution is -2.27. The number of carbonyl (C=O) groups excluding carboxylic acids is 2. The van der Waals surface area contributed by atoms with Crippen LogP contribution >= 0.6 is 12.2 Å². The fraction of sp³-hybridized carbons (Fsp3) is 0.727. The predicted octanol–water partition coefficient (Wildman–Crippen LogP) is 1.42. The Kier molecular flexibility index (Phi) is 7.93. The third kappa shape index (κ3) is 5.32. The van der Waals surface area contributed by atoms with Crippen LogP contribution < -0.4 is 5.32 Å². The van der Waals surface area contributed by atoms with Crippen LogP contribution in [-0.4, -0.2) is 34.8 Å². The number of Topliss-reactive ketones (excluding diaryl/α,β-unsaturated/α-hetero) is 1. The van der Waals surface area contributed by atoms with Gasteiger partial charge in [-0.05, 0) is 25.1 Å². The van der Waals surface area contributed by atoms with E-state index in [2.05, 4.69) is 17.5 Å². The molecule has 1 aliphatic heterocycles. The molecule has 0 amide bonds. The molecule has 0 radical (unpaired) electrons. The van der Waals surface area contributed by atoms with E-state index in [1.165, 1.54) is 0 Å². The van der Waals surface area contributed by atoms with Crippen molar-refractivity contribution < 1.29 is 14.7 Å². The van der Waals surface area contributed by atoms with E-state index in [1.54, 1.807) is 0 Å². The molecule has 1 fully saturated rings. The van der Waals surface area contributed by atoms with Crippen molar-refractivity contribution in [3.8, 4) is 0 Å². The van der Waals surface area contributed by atoms with Gasteiger partial charge in [0.05, 0.1) is 0 Å². The first-order valence-corrected chi connectivity index (χ1v) is 5.91. The van der Waals surface area contributed by atoms with Crippen LogP contribution in [0.5, 0.6) is 0 Å². The van der Waals surface area contributed by atoms with Crippen LogP contribution in [0.2, 0.25) is 0 Å². The number of aldehydes is 1. The summed E-state index contributed by atoms with van der Waals surface area (Å²) in [5, 5.41) is 11.6. The zero-order valence-electron chi connectivity index (χ0n) is 9.73. The number of rotatable bonds is 4. The second-order valence-electron chi connectivity index (χ2n) is 3.64. The van der Waals surface area contributed by atoms with Gasteiger partial charge in [-0.15, -0.1) is 0 Å². The predicted molar refractivity (Wildman–Crippen MR) is 66.8 cm³/mol. The highest BCUT2D eigenvalue weighted by Gasteiger charge is 2.21. The zero-order chi connectivity index (χ0) is 12.6. The van der Waals surface area contributed by atoms with E-state index in [-0.39, 0.29) is 16.8 Å². The molecule has 0 aromatic heterocycles. The molecular formula is C11H19NO3S. The molecule has 2 N–H and O–H groups in total. The lowest BCUT2D eigenvalue weighted by molar-refractivity contribution is -0.122. The molecule has 92 valence electrons. The minimum atomic E-state index is -0.505. The fourth-order valence-corrected chi connectivity index (χ4v) is 1.72. The molecule has 1 aliphatic rings. The molecule has 1 rings (SSSR count). The summed E-state index contributed by atoms with van der Waals surface area (Å²) in [7, 11) is 0. The van der Waals surface area contributed by atoms with Crippen LogP contribution in [0.3, 0.4) is 0 Å². The minimum Gasteiger partial charge on any atom is -0.502 e. The van der Waals surface area contributed by atoms with Gasteiger partial charge in [-0.25, -0.2) is 0 Å². The molecule has 0 bridgehead atoms. The summed E-state index contributed by atoms with van der Waals surface area (Å²) in [4.78, 5) is 20.4. The van der Waals surface area contributed by atoms with Gasteiger partial charge in [-0.1, -0.05) is 13.8 Å². The second-order valence-corrected chi connectivity index (χ2v) is 4.05. The van der Waals surface area contributed by atoms with Gasteiger partial charge in [0.2, 0.25) is 0 Å². The van der Waals surface area contributed by atoms with E-state index in [0.29, 0.717) is 19.3 Å². The lowest BCUT2D eigenvalue weighted by atomic mass is 10.1. The molecule has 16 heavy (non-hydrogen) atoms. The fourth-order valence-electron chi connectivity index (χ4n) is 1.38. The first-order valence-electron chi connectivity index (χ1n) is 5.50. The van der Waals surface area contributed by atoms with Crippen LogP contribution in [0.25, 0.3) is 0 Å². The van der Waals surface area contributed by atoms with E-state index in [1.807, 2.05) is 13.8 Å². The van der Waals surface area contributed by atoms with Crippen LogP contribution in [0, 0.1) is 5.92 Å². The Labute approximate surface area is 101 Å². The van der Waals surface area contributed by atoms with E-state index in [9.17, 15) is 9.59 Å². The van der Waals surface area contributed by atoms with Crippen molar-refractivity contribution in [2.75, 3.05) is 6.54 Å². The van der Waals surface area contributed by atoms with Crippen molar-refractivity contribution >= 4 is 29.3 Å². The number of thiocarbonyl (C=S) groups is 1. The van der Waals surface area contributed by atoms with Crippen LogP contribution in [0.15, 0.2) is 0 Å². The quantitative estimate of drug-likeness (QED) is 0.445. The molecule has 0 spiro atoms. The normalized spacial score (nSPS) is 19.2. The van der Waals surface area contributed by atoms with Crippen LogP contribution in [-0.2, 0) is 9.59 Å². The highest BCUT2D eigenvalue weighted by atomic mass is 32.1. The summed E-state index contributed by atoms with van der Waals surface area (Å²) in [5.74, 6) is 0.255. The topological polar surface area (TPSA) is 66.4 Å². The van der Waals surface area contributed by atoms with Gasteiger partial charge in [0, 0.05) is 18.9 Å². The highest BCUT2D eigenvalue weighted by molar-refractivity contribution is 7.80. The van der Waals surface area contributed by atoms with Gasteiger partial charge < -0.3 is 15.2 Å². The molecule has 5 heteroatoms. The number of nitrogens with one attached hydrogen (secondary N) is 1. The highest BCUT2D eigenvalue weighted by Crippen LogP contribution is 2.07. The standard InChI is InChI=1S/C6H12OS.C5H7NO2/c1-3-5(4-2)6(7)8;7-3-4-5(8)1-2-6-4/h5H,3-4H2,1-2H3,(H,7,8);3-4,6H,1-2H2/t;4-/m.0/s1. The molecule has 1 heterocycles. The zero-order valence-corrected chi connectivity index (χ0v) is 10.5. The summed E-state index contributed by atoms with van der Waals surface area (Å²) >= 11 is 4.57. The summed E-state index contributed by atoms with van der Waals surface area (Å²) in [5.41, 5.74) is 0. The van der Waals surface area contributed by atoms with Crippen LogP contribution in [0.4, 0.5) is 0 Å². The van der Waals surface area contributed by atoms with Crippen molar-refractivity contribution in [1.29, 1.82) is 0 Å². The van der Waals surface area contributed by atoms with Gasteiger partial charge in [0.15, 0.2) is 10.8 Å². The van der Waals surface area contributed by atoms with Gasteiger partial charge in [0.25, 0.3) is 0 Å². The first kappa shape index (κ1) is 15.2. The van der Waals surface area contributed by atoms with E-state index < -0.39 is 6.04 Å². The number of hydrogen-bond acceptors (Lipinski definition) is 4. The Balaban J connectivity index is 0.000000281. The summed E-state index contributed by atoms with van der Waals surface area (Å²) in [6.45, 7) is 4.70. The molecule has 0 aliphatic carbocycles.